The Morgan fingerprint density at radius 2 is 1.25 bits per heavy atom. The zero-order chi connectivity index (χ0) is 15.4. The molecule has 0 aromatic rings. The van der Waals surface area contributed by atoms with Crippen LogP contribution in [0.1, 0.15) is 13.8 Å². The largest absolute Gasteiger partial charge is 0.461 e. The topological polar surface area (TPSA) is 118 Å². The smallest absolute Gasteiger partial charge is 0.367 e. The van der Waals surface area contributed by atoms with E-state index >= 15 is 0 Å². The van der Waals surface area contributed by atoms with Gasteiger partial charge in [0.2, 0.25) is 10.1 Å². The predicted octanol–water partition coefficient (Wildman–Crippen LogP) is 1.15. The molecule has 0 aliphatic rings. The third kappa shape index (κ3) is 7.24. The fourth-order valence-corrected chi connectivity index (χ4v) is 2.44. The quantitative estimate of drug-likeness (QED) is 0.193. The lowest BCUT2D eigenvalue weighted by molar-refractivity contribution is -0.135. The number of thioether (sulfide) groups is 2. The van der Waals surface area contributed by atoms with Crippen LogP contribution in [0.3, 0.4) is 0 Å². The van der Waals surface area contributed by atoms with Gasteiger partial charge < -0.3 is 19.9 Å². The molecule has 8 nitrogen and oxygen atoms in total. The summed E-state index contributed by atoms with van der Waals surface area (Å²) in [7, 11) is 0. The van der Waals surface area contributed by atoms with Crippen molar-refractivity contribution in [2.45, 2.75) is 13.8 Å². The van der Waals surface area contributed by atoms with Gasteiger partial charge in [-0.05, 0) is 13.8 Å². The Morgan fingerprint density at radius 1 is 0.900 bits per heavy atom. The molecule has 0 saturated carbocycles. The molecular weight excluding hydrogens is 308 g/mol. The van der Waals surface area contributed by atoms with Gasteiger partial charge in [0, 0.05) is 11.5 Å². The second-order valence-corrected chi connectivity index (χ2v) is 5.12. The standard InChI is InChI=1S/C10H16N2O6S2/c1-3-17-9(13)7(11-15)19-5-6-20-8(12-16)10(14)18-4-2/h15-16H,3-6H2,1-2H3/b11-7-,12-8-. The van der Waals surface area contributed by atoms with Crippen LogP contribution in [0.25, 0.3) is 0 Å². The molecule has 0 heterocycles. The van der Waals surface area contributed by atoms with Crippen LogP contribution in [0, 0.1) is 0 Å². The molecule has 0 atom stereocenters. The van der Waals surface area contributed by atoms with Crippen molar-refractivity contribution in [2.75, 3.05) is 24.7 Å². The number of carbonyl (C=O) groups excluding carboxylic acids is 2. The molecule has 10 heteroatoms. The number of rotatable bonds is 5. The van der Waals surface area contributed by atoms with Crippen molar-refractivity contribution >= 4 is 45.5 Å². The molecule has 0 spiro atoms. The minimum Gasteiger partial charge on any atom is -0.461 e. The van der Waals surface area contributed by atoms with Gasteiger partial charge in [-0.2, -0.15) is 0 Å². The Bertz CT molecular complexity index is 350. The van der Waals surface area contributed by atoms with Crippen LogP contribution in [0.2, 0.25) is 0 Å². The number of oxime groups is 2. The maximum Gasteiger partial charge on any atom is 0.367 e. The van der Waals surface area contributed by atoms with Gasteiger partial charge in [-0.15, -0.1) is 0 Å². The van der Waals surface area contributed by atoms with Crippen LogP contribution in [0.15, 0.2) is 10.3 Å². The van der Waals surface area contributed by atoms with E-state index in [4.69, 9.17) is 10.4 Å². The summed E-state index contributed by atoms with van der Waals surface area (Å²) in [6.07, 6.45) is 0. The normalized spacial score (nSPS) is 12.1. The molecule has 0 saturated heterocycles. The van der Waals surface area contributed by atoms with E-state index in [0.29, 0.717) is 11.5 Å². The van der Waals surface area contributed by atoms with Crippen molar-refractivity contribution in [3.63, 3.8) is 0 Å². The molecule has 20 heavy (non-hydrogen) atoms. The molecule has 0 rings (SSSR count). The molecule has 0 unspecified atom stereocenters. The van der Waals surface area contributed by atoms with Crippen molar-refractivity contribution in [2.24, 2.45) is 10.3 Å². The summed E-state index contributed by atoms with van der Waals surface area (Å²) in [5.41, 5.74) is 0. The molecule has 0 fully saturated rings. The maximum absolute atomic E-state index is 11.3. The van der Waals surface area contributed by atoms with Crippen molar-refractivity contribution in [3.8, 4) is 0 Å². The average Bonchev–Trinajstić information content (AvgIpc) is 2.43. The fourth-order valence-electron chi connectivity index (χ4n) is 0.920. The van der Waals surface area contributed by atoms with E-state index in [1.165, 1.54) is 0 Å². The molecule has 2 N–H and O–H groups in total. The first-order chi connectivity index (χ1) is 9.60. The summed E-state index contributed by atoms with van der Waals surface area (Å²) in [5, 5.41) is 22.6. The van der Waals surface area contributed by atoms with E-state index in [1.807, 2.05) is 0 Å². The van der Waals surface area contributed by atoms with Gasteiger partial charge in [-0.25, -0.2) is 9.59 Å². The van der Waals surface area contributed by atoms with E-state index in [2.05, 4.69) is 19.8 Å². The van der Waals surface area contributed by atoms with Crippen molar-refractivity contribution in [1.29, 1.82) is 0 Å². The third-order valence-electron chi connectivity index (χ3n) is 1.64. The van der Waals surface area contributed by atoms with Gasteiger partial charge >= 0.3 is 11.9 Å². The molecule has 0 aromatic carbocycles. The molecule has 0 aliphatic carbocycles. The minimum atomic E-state index is -0.716. The second-order valence-electron chi connectivity index (χ2n) is 2.95. The van der Waals surface area contributed by atoms with Crippen molar-refractivity contribution < 1.29 is 29.5 Å². The lowest BCUT2D eigenvalue weighted by Gasteiger charge is -2.04. The molecule has 0 bridgehead atoms. The van der Waals surface area contributed by atoms with E-state index in [0.717, 1.165) is 23.5 Å². The summed E-state index contributed by atoms with van der Waals surface area (Å²) in [6, 6.07) is 0. The number of ether oxygens (including phenoxy) is 2. The Labute approximate surface area is 124 Å². The molecular formula is C10H16N2O6S2. The molecule has 0 aliphatic heterocycles. The predicted molar refractivity (Wildman–Crippen MR) is 76.6 cm³/mol. The van der Waals surface area contributed by atoms with Gasteiger partial charge in [0.25, 0.3) is 0 Å². The first kappa shape index (κ1) is 18.6. The van der Waals surface area contributed by atoms with E-state index < -0.39 is 11.9 Å². The Kier molecular flexibility index (Phi) is 10.6. The molecule has 0 radical (unpaired) electrons. The number of nitrogens with zero attached hydrogens (tertiary/aromatic N) is 2. The summed E-state index contributed by atoms with van der Waals surface area (Å²) in [6.45, 7) is 3.63. The highest BCUT2D eigenvalue weighted by Gasteiger charge is 2.16. The summed E-state index contributed by atoms with van der Waals surface area (Å²) in [4.78, 5) is 22.5. The number of esters is 2. The first-order valence-electron chi connectivity index (χ1n) is 5.64. The highest BCUT2D eigenvalue weighted by atomic mass is 32.2. The molecule has 0 aromatic heterocycles. The summed E-state index contributed by atoms with van der Waals surface area (Å²) < 4.78 is 9.34. The number of hydrogen-bond donors (Lipinski definition) is 2. The van der Waals surface area contributed by atoms with Gasteiger partial charge in [-0.1, -0.05) is 33.8 Å². The maximum atomic E-state index is 11.3. The van der Waals surface area contributed by atoms with E-state index in [9.17, 15) is 9.59 Å². The molecule has 114 valence electrons. The number of hydrogen-bond acceptors (Lipinski definition) is 10. The van der Waals surface area contributed by atoms with Crippen molar-refractivity contribution in [1.82, 2.24) is 0 Å². The van der Waals surface area contributed by atoms with Gasteiger partial charge in [0.1, 0.15) is 0 Å². The summed E-state index contributed by atoms with van der Waals surface area (Å²) in [5.74, 6) is -0.735. The first-order valence-corrected chi connectivity index (χ1v) is 7.61. The Hall–Kier alpha value is -1.42. The van der Waals surface area contributed by atoms with Gasteiger partial charge in [-0.3, -0.25) is 0 Å². The third-order valence-corrected chi connectivity index (χ3v) is 3.76. The van der Waals surface area contributed by atoms with Gasteiger partial charge in [0.05, 0.1) is 13.2 Å². The highest BCUT2D eigenvalue weighted by molar-refractivity contribution is 8.18. The lowest BCUT2D eigenvalue weighted by atomic mass is 10.7. The Balaban J connectivity index is 4.12. The number of carbonyl (C=O) groups is 2. The van der Waals surface area contributed by atoms with Crippen LogP contribution >= 0.6 is 23.5 Å². The van der Waals surface area contributed by atoms with Crippen LogP contribution in [-0.2, 0) is 19.1 Å². The van der Waals surface area contributed by atoms with Crippen LogP contribution in [0.4, 0.5) is 0 Å². The zero-order valence-corrected chi connectivity index (χ0v) is 12.7. The lowest BCUT2D eigenvalue weighted by Crippen LogP contribution is -2.17. The van der Waals surface area contributed by atoms with E-state index in [-0.39, 0.29) is 23.3 Å². The molecule has 0 amide bonds. The van der Waals surface area contributed by atoms with Crippen molar-refractivity contribution in [3.05, 3.63) is 0 Å². The average molecular weight is 324 g/mol. The highest BCUT2D eigenvalue weighted by Crippen LogP contribution is 2.12. The zero-order valence-electron chi connectivity index (χ0n) is 11.1. The van der Waals surface area contributed by atoms with Gasteiger partial charge in [0.15, 0.2) is 0 Å². The fraction of sp³-hybridized carbons (Fsp3) is 0.600. The van der Waals surface area contributed by atoms with Crippen LogP contribution in [-0.4, -0.2) is 57.2 Å². The van der Waals surface area contributed by atoms with Crippen LogP contribution < -0.4 is 0 Å². The van der Waals surface area contributed by atoms with Crippen LogP contribution in [0.5, 0.6) is 0 Å². The SMILES string of the molecule is CCOC(=O)/C(=N/O)SCCS/C(=N\O)C(=O)OCC. The summed E-state index contributed by atoms with van der Waals surface area (Å²) >= 11 is 1.93. The monoisotopic (exact) mass is 324 g/mol. The van der Waals surface area contributed by atoms with E-state index in [1.54, 1.807) is 13.8 Å². The second kappa shape index (κ2) is 11.4. The minimum absolute atomic E-state index is 0.175. The Morgan fingerprint density at radius 3 is 1.50 bits per heavy atom.